The van der Waals surface area contributed by atoms with E-state index in [1.165, 1.54) is 4.88 Å². The summed E-state index contributed by atoms with van der Waals surface area (Å²) in [5.74, 6) is 0. The molecule has 0 saturated carbocycles. The van der Waals surface area contributed by atoms with Gasteiger partial charge < -0.3 is 19.7 Å². The summed E-state index contributed by atoms with van der Waals surface area (Å²) in [5, 5.41) is 4.37. The molecule has 2 unspecified atom stereocenters. The van der Waals surface area contributed by atoms with Crippen molar-refractivity contribution < 1.29 is 9.47 Å². The first-order chi connectivity index (χ1) is 8.78. The SMILES string of the molecule is CCNCc1cnc(N2CC(OC)C(OC)C2)s1. The van der Waals surface area contributed by atoms with E-state index in [4.69, 9.17) is 9.47 Å². The Bertz CT molecular complexity index is 360. The van der Waals surface area contributed by atoms with E-state index in [0.717, 1.165) is 31.3 Å². The smallest absolute Gasteiger partial charge is 0.185 e. The van der Waals surface area contributed by atoms with Crippen LogP contribution in [-0.2, 0) is 16.0 Å². The highest BCUT2D eigenvalue weighted by Gasteiger charge is 2.34. The number of hydrogen-bond donors (Lipinski definition) is 1. The maximum atomic E-state index is 5.44. The highest BCUT2D eigenvalue weighted by Crippen LogP contribution is 2.27. The quantitative estimate of drug-likeness (QED) is 0.839. The molecule has 1 fully saturated rings. The Morgan fingerprint density at radius 1 is 1.39 bits per heavy atom. The number of aromatic nitrogens is 1. The van der Waals surface area contributed by atoms with Crippen molar-refractivity contribution in [2.75, 3.05) is 38.8 Å². The Labute approximate surface area is 112 Å². The average Bonchev–Trinajstić information content (AvgIpc) is 3.01. The molecule has 1 N–H and O–H groups in total. The first kappa shape index (κ1) is 13.7. The third-order valence-electron chi connectivity index (χ3n) is 3.18. The molecule has 2 rings (SSSR count). The van der Waals surface area contributed by atoms with E-state index in [-0.39, 0.29) is 12.2 Å². The van der Waals surface area contributed by atoms with Gasteiger partial charge in [0.1, 0.15) is 12.2 Å². The predicted molar refractivity (Wildman–Crippen MR) is 73.3 cm³/mol. The van der Waals surface area contributed by atoms with Crippen LogP contribution >= 0.6 is 11.3 Å². The van der Waals surface area contributed by atoms with Gasteiger partial charge in [-0.25, -0.2) is 4.98 Å². The molecule has 102 valence electrons. The van der Waals surface area contributed by atoms with Crippen molar-refractivity contribution in [3.05, 3.63) is 11.1 Å². The van der Waals surface area contributed by atoms with Crippen LogP contribution in [0.4, 0.5) is 5.13 Å². The van der Waals surface area contributed by atoms with E-state index in [1.54, 1.807) is 25.6 Å². The predicted octanol–water partition coefficient (Wildman–Crippen LogP) is 1.10. The van der Waals surface area contributed by atoms with Crippen molar-refractivity contribution in [1.82, 2.24) is 10.3 Å². The Balaban J connectivity index is 1.97. The van der Waals surface area contributed by atoms with Gasteiger partial charge in [0.15, 0.2) is 5.13 Å². The van der Waals surface area contributed by atoms with Crippen molar-refractivity contribution >= 4 is 16.5 Å². The molecule has 1 saturated heterocycles. The van der Waals surface area contributed by atoms with E-state index >= 15 is 0 Å². The summed E-state index contributed by atoms with van der Waals surface area (Å²) in [7, 11) is 3.47. The standard InChI is InChI=1S/C12H21N3O2S/c1-4-13-5-9-6-14-12(18-9)15-7-10(16-2)11(8-15)17-3/h6,10-11,13H,4-5,7-8H2,1-3H3. The number of thiazole rings is 1. The summed E-state index contributed by atoms with van der Waals surface area (Å²) >= 11 is 1.74. The first-order valence-corrected chi connectivity index (χ1v) is 7.06. The number of ether oxygens (including phenoxy) is 2. The third kappa shape index (κ3) is 3.00. The lowest BCUT2D eigenvalue weighted by Gasteiger charge is -2.13. The van der Waals surface area contributed by atoms with Crippen LogP contribution in [0.15, 0.2) is 6.20 Å². The summed E-state index contributed by atoms with van der Waals surface area (Å²) in [5.41, 5.74) is 0. The second-order valence-corrected chi connectivity index (χ2v) is 5.44. The van der Waals surface area contributed by atoms with E-state index in [9.17, 15) is 0 Å². The fourth-order valence-corrected chi connectivity index (χ4v) is 3.02. The maximum Gasteiger partial charge on any atom is 0.185 e. The molecule has 0 aliphatic carbocycles. The summed E-state index contributed by atoms with van der Waals surface area (Å²) in [6, 6.07) is 0. The number of nitrogens with one attached hydrogen (secondary N) is 1. The number of rotatable bonds is 6. The number of nitrogens with zero attached hydrogens (tertiary/aromatic N) is 2. The van der Waals surface area contributed by atoms with Gasteiger partial charge in [-0.1, -0.05) is 6.92 Å². The van der Waals surface area contributed by atoms with E-state index < -0.39 is 0 Å². The van der Waals surface area contributed by atoms with Crippen molar-refractivity contribution in [1.29, 1.82) is 0 Å². The topological polar surface area (TPSA) is 46.6 Å². The Morgan fingerprint density at radius 2 is 2.06 bits per heavy atom. The van der Waals surface area contributed by atoms with Crippen LogP contribution in [0.2, 0.25) is 0 Å². The molecule has 0 spiro atoms. The van der Waals surface area contributed by atoms with Crippen molar-refractivity contribution in [2.24, 2.45) is 0 Å². The van der Waals surface area contributed by atoms with Gasteiger partial charge in [0.05, 0.1) is 0 Å². The van der Waals surface area contributed by atoms with Crippen LogP contribution in [-0.4, -0.2) is 51.0 Å². The molecular weight excluding hydrogens is 250 g/mol. The number of anilines is 1. The van der Waals surface area contributed by atoms with Gasteiger partial charge in [-0.05, 0) is 6.54 Å². The van der Waals surface area contributed by atoms with Crippen LogP contribution in [0.5, 0.6) is 0 Å². The van der Waals surface area contributed by atoms with Crippen molar-refractivity contribution in [3.63, 3.8) is 0 Å². The lowest BCUT2D eigenvalue weighted by molar-refractivity contribution is -0.00461. The second kappa shape index (κ2) is 6.47. The molecule has 2 atom stereocenters. The third-order valence-corrected chi connectivity index (χ3v) is 4.24. The Kier molecular flexibility index (Phi) is 4.94. The van der Waals surface area contributed by atoms with Gasteiger partial charge in [-0.15, -0.1) is 11.3 Å². The zero-order chi connectivity index (χ0) is 13.0. The van der Waals surface area contributed by atoms with Gasteiger partial charge in [0, 0.05) is 44.9 Å². The zero-order valence-electron chi connectivity index (χ0n) is 11.2. The van der Waals surface area contributed by atoms with Gasteiger partial charge >= 0.3 is 0 Å². The molecule has 0 radical (unpaired) electrons. The van der Waals surface area contributed by atoms with Crippen LogP contribution in [0.1, 0.15) is 11.8 Å². The minimum Gasteiger partial charge on any atom is -0.377 e. The van der Waals surface area contributed by atoms with Gasteiger partial charge in [-0.3, -0.25) is 0 Å². The molecule has 6 heteroatoms. The highest BCUT2D eigenvalue weighted by atomic mass is 32.1. The van der Waals surface area contributed by atoms with E-state index in [2.05, 4.69) is 22.1 Å². The van der Waals surface area contributed by atoms with Crippen LogP contribution in [0.25, 0.3) is 0 Å². The largest absolute Gasteiger partial charge is 0.377 e. The highest BCUT2D eigenvalue weighted by molar-refractivity contribution is 7.15. The summed E-state index contributed by atoms with van der Waals surface area (Å²) < 4.78 is 10.9. The molecule has 0 amide bonds. The molecule has 1 aliphatic rings. The average molecular weight is 271 g/mol. The van der Waals surface area contributed by atoms with E-state index in [1.807, 2.05) is 6.20 Å². The fraction of sp³-hybridized carbons (Fsp3) is 0.750. The van der Waals surface area contributed by atoms with Gasteiger partial charge in [0.2, 0.25) is 0 Å². The molecule has 5 nitrogen and oxygen atoms in total. The maximum absolute atomic E-state index is 5.44. The van der Waals surface area contributed by atoms with Crippen LogP contribution < -0.4 is 10.2 Å². The molecule has 18 heavy (non-hydrogen) atoms. The zero-order valence-corrected chi connectivity index (χ0v) is 12.0. The summed E-state index contributed by atoms with van der Waals surface area (Å²) in [6.45, 7) is 5.68. The van der Waals surface area contributed by atoms with Crippen molar-refractivity contribution in [3.8, 4) is 0 Å². The summed E-state index contributed by atoms with van der Waals surface area (Å²) in [6.07, 6.45) is 2.22. The van der Waals surface area contributed by atoms with Crippen LogP contribution in [0.3, 0.4) is 0 Å². The van der Waals surface area contributed by atoms with E-state index in [0.29, 0.717) is 0 Å². The molecule has 2 heterocycles. The lowest BCUT2D eigenvalue weighted by atomic mass is 10.3. The molecule has 0 aromatic carbocycles. The number of hydrogen-bond acceptors (Lipinski definition) is 6. The van der Waals surface area contributed by atoms with Crippen LogP contribution in [0, 0.1) is 0 Å². The minimum absolute atomic E-state index is 0.135. The normalized spacial score (nSPS) is 23.8. The molecule has 1 aromatic rings. The number of methoxy groups -OCH3 is 2. The van der Waals surface area contributed by atoms with Gasteiger partial charge in [-0.2, -0.15) is 0 Å². The Morgan fingerprint density at radius 3 is 2.61 bits per heavy atom. The Hall–Kier alpha value is -0.690. The molecular formula is C12H21N3O2S. The molecule has 0 bridgehead atoms. The monoisotopic (exact) mass is 271 g/mol. The molecule has 1 aliphatic heterocycles. The molecule has 1 aromatic heterocycles. The first-order valence-electron chi connectivity index (χ1n) is 6.24. The lowest BCUT2D eigenvalue weighted by Crippen LogP contribution is -2.27. The fourth-order valence-electron chi connectivity index (χ4n) is 2.13. The second-order valence-electron chi connectivity index (χ2n) is 4.34. The minimum atomic E-state index is 0.135. The van der Waals surface area contributed by atoms with Gasteiger partial charge in [0.25, 0.3) is 0 Å². The van der Waals surface area contributed by atoms with Crippen molar-refractivity contribution in [2.45, 2.75) is 25.7 Å². The summed E-state index contributed by atoms with van der Waals surface area (Å²) in [4.78, 5) is 7.99.